The summed E-state index contributed by atoms with van der Waals surface area (Å²) < 4.78 is 0. The summed E-state index contributed by atoms with van der Waals surface area (Å²) in [5.41, 5.74) is 1.81. The SMILES string of the molecule is Cc1nc(C(=O)Nc2cc(Cl)ccc2Cl)c(-c2ccccc2)s1. The van der Waals surface area contributed by atoms with E-state index in [4.69, 9.17) is 23.2 Å². The minimum atomic E-state index is -0.308. The summed E-state index contributed by atoms with van der Waals surface area (Å²) in [5, 5.41) is 4.53. The summed E-state index contributed by atoms with van der Waals surface area (Å²) in [6, 6.07) is 14.6. The maximum absolute atomic E-state index is 12.6. The first-order valence-corrected chi connectivity index (χ1v) is 8.41. The van der Waals surface area contributed by atoms with Crippen LogP contribution in [0.15, 0.2) is 48.5 Å². The third-order valence-electron chi connectivity index (χ3n) is 3.16. The van der Waals surface area contributed by atoms with Crippen LogP contribution in [0.1, 0.15) is 15.5 Å². The highest BCUT2D eigenvalue weighted by Crippen LogP contribution is 2.31. The number of carbonyl (C=O) groups excluding carboxylic acids is 1. The molecule has 1 aromatic heterocycles. The zero-order valence-electron chi connectivity index (χ0n) is 12.1. The van der Waals surface area contributed by atoms with Gasteiger partial charge in [0, 0.05) is 5.02 Å². The molecular formula is C17H12Cl2N2OS. The lowest BCUT2D eigenvalue weighted by Gasteiger charge is -2.07. The average Bonchev–Trinajstić information content (AvgIpc) is 2.94. The lowest BCUT2D eigenvalue weighted by molar-refractivity contribution is 0.102. The fourth-order valence-corrected chi connectivity index (χ4v) is 3.40. The Hall–Kier alpha value is -1.88. The van der Waals surface area contributed by atoms with E-state index in [0.29, 0.717) is 21.4 Å². The van der Waals surface area contributed by atoms with Gasteiger partial charge < -0.3 is 5.32 Å². The van der Waals surface area contributed by atoms with Gasteiger partial charge in [0.1, 0.15) is 5.69 Å². The molecule has 0 aliphatic carbocycles. The van der Waals surface area contributed by atoms with Gasteiger partial charge in [0.25, 0.3) is 5.91 Å². The molecule has 3 aromatic rings. The van der Waals surface area contributed by atoms with E-state index in [0.717, 1.165) is 15.4 Å². The molecule has 0 aliphatic heterocycles. The smallest absolute Gasteiger partial charge is 0.275 e. The van der Waals surface area contributed by atoms with Crippen LogP contribution in [-0.2, 0) is 0 Å². The van der Waals surface area contributed by atoms with Gasteiger partial charge in [-0.3, -0.25) is 4.79 Å². The lowest BCUT2D eigenvalue weighted by atomic mass is 10.1. The molecule has 0 unspecified atom stereocenters. The molecule has 116 valence electrons. The molecule has 3 rings (SSSR count). The van der Waals surface area contributed by atoms with Crippen molar-refractivity contribution in [3.8, 4) is 10.4 Å². The van der Waals surface area contributed by atoms with Crippen molar-refractivity contribution in [1.82, 2.24) is 4.98 Å². The van der Waals surface area contributed by atoms with Crippen LogP contribution in [0.2, 0.25) is 10.0 Å². The maximum Gasteiger partial charge on any atom is 0.275 e. The second-order valence-electron chi connectivity index (χ2n) is 4.85. The van der Waals surface area contributed by atoms with Crippen molar-refractivity contribution in [2.45, 2.75) is 6.92 Å². The maximum atomic E-state index is 12.6. The predicted molar refractivity (Wildman–Crippen MR) is 96.7 cm³/mol. The van der Waals surface area contributed by atoms with Gasteiger partial charge in [-0.05, 0) is 30.7 Å². The van der Waals surface area contributed by atoms with Gasteiger partial charge >= 0.3 is 0 Å². The molecule has 0 spiro atoms. The van der Waals surface area contributed by atoms with Crippen LogP contribution in [0.25, 0.3) is 10.4 Å². The monoisotopic (exact) mass is 362 g/mol. The number of nitrogens with zero attached hydrogens (tertiary/aromatic N) is 1. The Balaban J connectivity index is 1.96. The molecule has 1 N–H and O–H groups in total. The highest BCUT2D eigenvalue weighted by atomic mass is 35.5. The second kappa shape index (κ2) is 6.71. The van der Waals surface area contributed by atoms with Gasteiger partial charge in [-0.15, -0.1) is 11.3 Å². The Morgan fingerprint density at radius 3 is 2.61 bits per heavy atom. The topological polar surface area (TPSA) is 42.0 Å². The van der Waals surface area contributed by atoms with Crippen molar-refractivity contribution in [3.63, 3.8) is 0 Å². The zero-order chi connectivity index (χ0) is 16.4. The normalized spacial score (nSPS) is 10.6. The summed E-state index contributed by atoms with van der Waals surface area (Å²) in [6.07, 6.45) is 0. The van der Waals surface area contributed by atoms with Crippen molar-refractivity contribution in [2.24, 2.45) is 0 Å². The Morgan fingerprint density at radius 2 is 1.87 bits per heavy atom. The first-order chi connectivity index (χ1) is 11.0. The molecule has 1 heterocycles. The van der Waals surface area contributed by atoms with Crippen molar-refractivity contribution in [1.29, 1.82) is 0 Å². The number of hydrogen-bond acceptors (Lipinski definition) is 3. The summed E-state index contributed by atoms with van der Waals surface area (Å²) in [5.74, 6) is -0.308. The van der Waals surface area contributed by atoms with Crippen molar-refractivity contribution in [2.75, 3.05) is 5.32 Å². The number of rotatable bonds is 3. The fourth-order valence-electron chi connectivity index (χ4n) is 2.14. The van der Waals surface area contributed by atoms with E-state index in [2.05, 4.69) is 10.3 Å². The van der Waals surface area contributed by atoms with Crippen molar-refractivity contribution in [3.05, 3.63) is 69.3 Å². The van der Waals surface area contributed by atoms with Gasteiger partial charge in [-0.1, -0.05) is 53.5 Å². The third kappa shape index (κ3) is 3.55. The molecule has 0 fully saturated rings. The van der Waals surface area contributed by atoms with Gasteiger partial charge in [0.2, 0.25) is 0 Å². The lowest BCUT2D eigenvalue weighted by Crippen LogP contribution is -2.13. The number of aromatic nitrogens is 1. The van der Waals surface area contributed by atoms with Crippen LogP contribution < -0.4 is 5.32 Å². The molecule has 0 radical (unpaired) electrons. The Morgan fingerprint density at radius 1 is 1.13 bits per heavy atom. The van der Waals surface area contributed by atoms with E-state index in [9.17, 15) is 4.79 Å². The molecule has 0 atom stereocenters. The highest BCUT2D eigenvalue weighted by molar-refractivity contribution is 7.15. The number of amides is 1. The van der Waals surface area contributed by atoms with Crippen LogP contribution in [0.4, 0.5) is 5.69 Å². The summed E-state index contributed by atoms with van der Waals surface area (Å²) in [4.78, 5) is 17.8. The molecule has 0 aliphatic rings. The van der Waals surface area contributed by atoms with E-state index in [1.807, 2.05) is 37.3 Å². The van der Waals surface area contributed by atoms with E-state index in [-0.39, 0.29) is 5.91 Å². The average molecular weight is 363 g/mol. The molecule has 23 heavy (non-hydrogen) atoms. The molecule has 0 saturated heterocycles. The molecular weight excluding hydrogens is 351 g/mol. The van der Waals surface area contributed by atoms with Gasteiger partial charge in [-0.2, -0.15) is 0 Å². The minimum absolute atomic E-state index is 0.308. The van der Waals surface area contributed by atoms with Gasteiger partial charge in [-0.25, -0.2) is 4.98 Å². The number of nitrogens with one attached hydrogen (secondary N) is 1. The second-order valence-corrected chi connectivity index (χ2v) is 6.90. The first kappa shape index (κ1) is 16.0. The molecule has 1 amide bonds. The number of carbonyl (C=O) groups is 1. The molecule has 0 saturated carbocycles. The summed E-state index contributed by atoms with van der Waals surface area (Å²) in [7, 11) is 0. The number of hydrogen-bond donors (Lipinski definition) is 1. The number of benzene rings is 2. The van der Waals surface area contributed by atoms with Crippen LogP contribution in [-0.4, -0.2) is 10.9 Å². The van der Waals surface area contributed by atoms with E-state index >= 15 is 0 Å². The predicted octanol–water partition coefficient (Wildman–Crippen LogP) is 5.68. The largest absolute Gasteiger partial charge is 0.319 e. The summed E-state index contributed by atoms with van der Waals surface area (Å²) in [6.45, 7) is 1.88. The number of thiazole rings is 1. The fraction of sp³-hybridized carbons (Fsp3) is 0.0588. The number of aryl methyl sites for hydroxylation is 1. The Bertz CT molecular complexity index is 862. The Labute approximate surface area is 147 Å². The van der Waals surface area contributed by atoms with Crippen LogP contribution in [0.5, 0.6) is 0 Å². The van der Waals surface area contributed by atoms with Crippen LogP contribution in [0.3, 0.4) is 0 Å². The van der Waals surface area contributed by atoms with E-state index < -0.39 is 0 Å². The third-order valence-corrected chi connectivity index (χ3v) is 4.75. The molecule has 0 bridgehead atoms. The van der Waals surface area contributed by atoms with E-state index in [1.165, 1.54) is 11.3 Å². The summed E-state index contributed by atoms with van der Waals surface area (Å²) >= 11 is 13.5. The van der Waals surface area contributed by atoms with Crippen molar-refractivity contribution >= 4 is 46.1 Å². The molecule has 2 aromatic carbocycles. The minimum Gasteiger partial charge on any atom is -0.319 e. The number of anilines is 1. The van der Waals surface area contributed by atoms with Crippen LogP contribution >= 0.6 is 34.5 Å². The van der Waals surface area contributed by atoms with Gasteiger partial charge in [0.15, 0.2) is 0 Å². The number of halogens is 2. The quantitative estimate of drug-likeness (QED) is 0.651. The van der Waals surface area contributed by atoms with E-state index in [1.54, 1.807) is 18.2 Å². The van der Waals surface area contributed by atoms with Crippen molar-refractivity contribution < 1.29 is 4.79 Å². The molecule has 6 heteroatoms. The molecule has 3 nitrogen and oxygen atoms in total. The first-order valence-electron chi connectivity index (χ1n) is 6.84. The standard InChI is InChI=1S/C17H12Cl2N2OS/c1-10-20-15(16(23-10)11-5-3-2-4-6-11)17(22)21-14-9-12(18)7-8-13(14)19/h2-9H,1H3,(H,21,22). The Kier molecular flexibility index (Phi) is 4.66. The van der Waals surface area contributed by atoms with Crippen LogP contribution in [0, 0.1) is 6.92 Å². The van der Waals surface area contributed by atoms with Gasteiger partial charge in [0.05, 0.1) is 20.6 Å². The zero-order valence-corrected chi connectivity index (χ0v) is 14.5. The highest BCUT2D eigenvalue weighted by Gasteiger charge is 2.19.